The first-order valence-corrected chi connectivity index (χ1v) is 9.48. The van der Waals surface area contributed by atoms with Gasteiger partial charge in [0.25, 0.3) is 0 Å². The average Bonchev–Trinajstić information content (AvgIpc) is 2.06. The smallest absolute Gasteiger partial charge is 0.129 e. The monoisotopic (exact) mass is 249 g/mol. The highest BCUT2D eigenvalue weighted by molar-refractivity contribution is 9.24. The Labute approximate surface area is 87.3 Å². The van der Waals surface area contributed by atoms with Gasteiger partial charge in [-0.25, -0.2) is 0 Å². The fraction of sp³-hybridized carbons (Fsp3) is 1.00. The zero-order valence-corrected chi connectivity index (χ0v) is 11.1. The molecular weight excluding hydrogens is 228 g/mol. The molecule has 0 bridgehead atoms. The van der Waals surface area contributed by atoms with Crippen molar-refractivity contribution in [2.75, 3.05) is 0 Å². The van der Waals surface area contributed by atoms with Gasteiger partial charge in [-0.15, -0.1) is 15.3 Å². The van der Waals surface area contributed by atoms with Crippen LogP contribution in [0.4, 0.5) is 0 Å². The predicted octanol–water partition coefficient (Wildman–Crippen LogP) is 4.75. The van der Waals surface area contributed by atoms with Crippen molar-refractivity contribution >= 4 is 22.7 Å². The maximum absolute atomic E-state index is 3.84. The van der Waals surface area contributed by atoms with Gasteiger partial charge in [0.05, 0.1) is 0 Å². The molecule has 0 N–H and O–H groups in total. The molecule has 0 saturated heterocycles. The summed E-state index contributed by atoms with van der Waals surface area (Å²) in [6.07, 6.45) is 8.46. The summed E-state index contributed by atoms with van der Waals surface area (Å²) < 4.78 is 0. The number of unbranched alkanes of at least 4 members (excludes halogenated alkanes) is 4. The third-order valence-electron chi connectivity index (χ3n) is 2.10. The highest BCUT2D eigenvalue weighted by Gasteiger charge is 2.05. The van der Waals surface area contributed by atoms with Gasteiger partial charge in [0, 0.05) is 0 Å². The van der Waals surface area contributed by atoms with E-state index >= 15 is 0 Å². The van der Waals surface area contributed by atoms with Crippen LogP contribution < -0.4 is 0 Å². The summed E-state index contributed by atoms with van der Waals surface area (Å²) in [5.41, 5.74) is 0. The van der Waals surface area contributed by atoms with Crippen LogP contribution in [0.15, 0.2) is 0 Å². The minimum atomic E-state index is -0.122. The third-order valence-corrected chi connectivity index (χ3v) is 6.27. The maximum Gasteiger partial charge on any atom is 0.135 e. The first-order valence-electron chi connectivity index (χ1n) is 5.31. The SMILES string of the molecule is CCCCC[Si](Br)CCCCC. The van der Waals surface area contributed by atoms with E-state index in [9.17, 15) is 0 Å². The molecule has 1 radical (unpaired) electrons. The molecule has 0 aliphatic heterocycles. The fourth-order valence-electron chi connectivity index (χ4n) is 1.26. The summed E-state index contributed by atoms with van der Waals surface area (Å²) in [6.45, 7) is 4.55. The molecule has 2 heteroatoms. The summed E-state index contributed by atoms with van der Waals surface area (Å²) in [5.74, 6) is 0. The molecule has 0 rings (SSSR count). The second kappa shape index (κ2) is 9.78. The van der Waals surface area contributed by atoms with Gasteiger partial charge in [-0.3, -0.25) is 0 Å². The lowest BCUT2D eigenvalue weighted by Gasteiger charge is -2.05. The first kappa shape index (κ1) is 12.7. The van der Waals surface area contributed by atoms with Gasteiger partial charge in [0.1, 0.15) is 7.42 Å². The summed E-state index contributed by atoms with van der Waals surface area (Å²) >= 11 is 3.84. The van der Waals surface area contributed by atoms with Crippen LogP contribution in [0.2, 0.25) is 12.1 Å². The largest absolute Gasteiger partial charge is 0.135 e. The molecule has 0 unspecified atom stereocenters. The van der Waals surface area contributed by atoms with Crippen LogP contribution >= 0.6 is 15.3 Å². The quantitative estimate of drug-likeness (QED) is 0.331. The summed E-state index contributed by atoms with van der Waals surface area (Å²) in [7, 11) is -0.122. The molecule has 0 aromatic rings. The Bertz CT molecular complexity index is 75.9. The fourth-order valence-corrected chi connectivity index (χ4v) is 4.46. The topological polar surface area (TPSA) is 0 Å². The van der Waals surface area contributed by atoms with Crippen molar-refractivity contribution in [1.29, 1.82) is 0 Å². The number of hydrogen-bond acceptors (Lipinski definition) is 0. The molecule has 0 saturated carbocycles. The van der Waals surface area contributed by atoms with Crippen LogP contribution in [-0.4, -0.2) is 7.42 Å². The van der Waals surface area contributed by atoms with Crippen LogP contribution in [0.3, 0.4) is 0 Å². The number of rotatable bonds is 8. The molecule has 0 aromatic heterocycles. The van der Waals surface area contributed by atoms with Gasteiger partial charge in [0.15, 0.2) is 0 Å². The lowest BCUT2D eigenvalue weighted by molar-refractivity contribution is 0.751. The Morgan fingerprint density at radius 1 is 0.833 bits per heavy atom. The minimum Gasteiger partial charge on any atom is -0.129 e. The second-order valence-corrected chi connectivity index (χ2v) is 8.83. The van der Waals surface area contributed by atoms with Crippen molar-refractivity contribution in [3.63, 3.8) is 0 Å². The zero-order valence-electron chi connectivity index (χ0n) is 8.53. The van der Waals surface area contributed by atoms with Crippen LogP contribution in [0.1, 0.15) is 52.4 Å². The van der Waals surface area contributed by atoms with Crippen LogP contribution in [0, 0.1) is 0 Å². The van der Waals surface area contributed by atoms with Gasteiger partial charge < -0.3 is 0 Å². The predicted molar refractivity (Wildman–Crippen MR) is 63.3 cm³/mol. The van der Waals surface area contributed by atoms with Gasteiger partial charge >= 0.3 is 0 Å². The number of halogens is 1. The molecule has 0 aromatic carbocycles. The van der Waals surface area contributed by atoms with Crippen molar-refractivity contribution in [1.82, 2.24) is 0 Å². The minimum absolute atomic E-state index is 0.122. The van der Waals surface area contributed by atoms with E-state index in [0.717, 1.165) is 0 Å². The normalized spacial score (nSPS) is 11.0. The third kappa shape index (κ3) is 8.79. The lowest BCUT2D eigenvalue weighted by Crippen LogP contribution is -2.01. The molecular formula is C10H22BrSi. The molecule has 0 aliphatic carbocycles. The van der Waals surface area contributed by atoms with E-state index in [1.807, 2.05) is 0 Å². The standard InChI is InChI=1S/C10H22BrSi/c1-3-5-7-9-12(11)10-8-6-4-2/h3-10H2,1-2H3. The maximum atomic E-state index is 3.84. The molecule has 0 aliphatic rings. The van der Waals surface area contributed by atoms with E-state index in [0.29, 0.717) is 0 Å². The first-order chi connectivity index (χ1) is 5.81. The molecule has 0 spiro atoms. The average molecular weight is 250 g/mol. The van der Waals surface area contributed by atoms with Crippen LogP contribution in [-0.2, 0) is 0 Å². The Morgan fingerprint density at radius 3 is 1.58 bits per heavy atom. The molecule has 0 heterocycles. The van der Waals surface area contributed by atoms with Crippen molar-refractivity contribution in [3.05, 3.63) is 0 Å². The van der Waals surface area contributed by atoms with Crippen molar-refractivity contribution in [3.8, 4) is 0 Å². The Hall–Kier alpha value is 0.697. The second-order valence-electron chi connectivity index (χ2n) is 3.43. The summed E-state index contributed by atoms with van der Waals surface area (Å²) in [4.78, 5) is 0. The highest BCUT2D eigenvalue weighted by Crippen LogP contribution is 2.15. The van der Waals surface area contributed by atoms with Crippen LogP contribution in [0.25, 0.3) is 0 Å². The molecule has 0 fully saturated rings. The van der Waals surface area contributed by atoms with Crippen LogP contribution in [0.5, 0.6) is 0 Å². The van der Waals surface area contributed by atoms with Gasteiger partial charge in [-0.2, -0.15) is 0 Å². The van der Waals surface area contributed by atoms with Crippen molar-refractivity contribution in [2.24, 2.45) is 0 Å². The van der Waals surface area contributed by atoms with E-state index in [4.69, 9.17) is 0 Å². The van der Waals surface area contributed by atoms with Gasteiger partial charge in [0.2, 0.25) is 0 Å². The van der Waals surface area contributed by atoms with Crippen molar-refractivity contribution in [2.45, 2.75) is 64.5 Å². The molecule has 0 atom stereocenters. The Morgan fingerprint density at radius 2 is 1.25 bits per heavy atom. The summed E-state index contributed by atoms with van der Waals surface area (Å²) in [6, 6.07) is 2.95. The lowest BCUT2D eigenvalue weighted by atomic mass is 10.3. The Kier molecular flexibility index (Phi) is 10.4. The van der Waals surface area contributed by atoms with E-state index in [-0.39, 0.29) is 7.42 Å². The van der Waals surface area contributed by atoms with E-state index < -0.39 is 0 Å². The summed E-state index contributed by atoms with van der Waals surface area (Å²) in [5, 5.41) is 0. The van der Waals surface area contributed by atoms with Gasteiger partial charge in [-0.05, 0) is 12.1 Å². The zero-order chi connectivity index (χ0) is 9.23. The van der Waals surface area contributed by atoms with Gasteiger partial charge in [-0.1, -0.05) is 52.4 Å². The number of hydrogen-bond donors (Lipinski definition) is 0. The Balaban J connectivity index is 3.04. The molecule has 0 amide bonds. The molecule has 12 heavy (non-hydrogen) atoms. The highest BCUT2D eigenvalue weighted by atomic mass is 79.9. The van der Waals surface area contributed by atoms with E-state index in [1.165, 1.54) is 50.6 Å². The van der Waals surface area contributed by atoms with E-state index in [1.54, 1.807) is 0 Å². The molecule has 0 nitrogen and oxygen atoms in total. The van der Waals surface area contributed by atoms with Crippen molar-refractivity contribution < 1.29 is 0 Å². The molecule has 73 valence electrons. The van der Waals surface area contributed by atoms with E-state index in [2.05, 4.69) is 29.1 Å².